The zero-order chi connectivity index (χ0) is 13.8. The maximum Gasteiger partial charge on any atom is 0.234 e. The maximum atomic E-state index is 11.9. The molecule has 6 heteroatoms. The van der Waals surface area contributed by atoms with Crippen LogP contribution in [-0.4, -0.2) is 46.3 Å². The van der Waals surface area contributed by atoms with E-state index < -0.39 is 0 Å². The van der Waals surface area contributed by atoms with Crippen LogP contribution < -0.4 is 11.1 Å². The Morgan fingerprint density at radius 1 is 1.53 bits per heavy atom. The summed E-state index contributed by atoms with van der Waals surface area (Å²) in [6.07, 6.45) is 3.76. The number of piperidine rings is 1. The zero-order valence-corrected chi connectivity index (χ0v) is 11.7. The predicted octanol–water partition coefficient (Wildman–Crippen LogP) is -0.232. The number of nitrogens with one attached hydrogen (secondary N) is 1. The van der Waals surface area contributed by atoms with Crippen LogP contribution in [0.15, 0.2) is 6.20 Å². The fourth-order valence-electron chi connectivity index (χ4n) is 2.28. The quantitative estimate of drug-likeness (QED) is 0.788. The van der Waals surface area contributed by atoms with Crippen molar-refractivity contribution in [2.75, 3.05) is 19.6 Å². The van der Waals surface area contributed by atoms with Crippen LogP contribution in [0.25, 0.3) is 0 Å². The molecule has 2 heterocycles. The lowest BCUT2D eigenvalue weighted by atomic mass is 10.1. The van der Waals surface area contributed by atoms with Gasteiger partial charge in [0.2, 0.25) is 5.91 Å². The second kappa shape index (κ2) is 6.16. The number of aryl methyl sites for hydroxylation is 1. The van der Waals surface area contributed by atoms with E-state index in [1.54, 1.807) is 6.20 Å². The van der Waals surface area contributed by atoms with Crippen molar-refractivity contribution in [1.82, 2.24) is 20.0 Å². The average molecular weight is 265 g/mol. The number of carbonyl (C=O) groups excluding carboxylic acids is 1. The van der Waals surface area contributed by atoms with Crippen LogP contribution in [0, 0.1) is 6.92 Å². The third-order valence-electron chi connectivity index (χ3n) is 3.81. The molecule has 1 saturated heterocycles. The van der Waals surface area contributed by atoms with Gasteiger partial charge in [0.1, 0.15) is 0 Å². The summed E-state index contributed by atoms with van der Waals surface area (Å²) in [4.78, 5) is 14.0. The van der Waals surface area contributed by atoms with Crippen LogP contribution in [-0.2, 0) is 18.4 Å². The van der Waals surface area contributed by atoms with Gasteiger partial charge >= 0.3 is 0 Å². The van der Waals surface area contributed by atoms with Gasteiger partial charge in [0.05, 0.1) is 12.7 Å². The second-order valence-electron chi connectivity index (χ2n) is 5.27. The molecule has 106 valence electrons. The van der Waals surface area contributed by atoms with E-state index in [-0.39, 0.29) is 5.91 Å². The van der Waals surface area contributed by atoms with Crippen molar-refractivity contribution in [3.05, 3.63) is 17.5 Å². The Morgan fingerprint density at radius 3 is 2.79 bits per heavy atom. The van der Waals surface area contributed by atoms with Gasteiger partial charge < -0.3 is 11.1 Å². The monoisotopic (exact) mass is 265 g/mol. The van der Waals surface area contributed by atoms with Crippen molar-refractivity contribution in [2.45, 2.75) is 32.4 Å². The summed E-state index contributed by atoms with van der Waals surface area (Å²) in [5.41, 5.74) is 8.00. The Labute approximate surface area is 113 Å². The molecule has 0 saturated carbocycles. The Bertz CT molecular complexity index is 434. The molecular formula is C13H23N5O. The van der Waals surface area contributed by atoms with Crippen molar-refractivity contribution < 1.29 is 4.79 Å². The molecule has 0 aromatic carbocycles. The van der Waals surface area contributed by atoms with E-state index in [0.29, 0.717) is 19.1 Å². The standard InChI is InChI=1S/C13H23N5O/c1-10-11(8-16-17(10)2)7-15-13(19)9-18-5-3-12(14)4-6-18/h8,12H,3-7,9,14H2,1-2H3,(H,15,19). The topological polar surface area (TPSA) is 76.2 Å². The minimum Gasteiger partial charge on any atom is -0.351 e. The Balaban J connectivity index is 1.74. The molecule has 1 amide bonds. The number of nitrogens with two attached hydrogens (primary N) is 1. The number of rotatable bonds is 4. The number of likely N-dealkylation sites (tertiary alicyclic amines) is 1. The molecule has 19 heavy (non-hydrogen) atoms. The maximum absolute atomic E-state index is 11.9. The zero-order valence-electron chi connectivity index (χ0n) is 11.7. The van der Waals surface area contributed by atoms with Crippen LogP contribution >= 0.6 is 0 Å². The molecule has 2 rings (SSSR count). The molecule has 1 aliphatic rings. The highest BCUT2D eigenvalue weighted by atomic mass is 16.2. The highest BCUT2D eigenvalue weighted by molar-refractivity contribution is 5.78. The molecule has 0 unspecified atom stereocenters. The molecule has 1 aromatic heterocycles. The van der Waals surface area contributed by atoms with E-state index >= 15 is 0 Å². The minimum absolute atomic E-state index is 0.0683. The Hall–Kier alpha value is -1.40. The van der Waals surface area contributed by atoms with Gasteiger partial charge in [0.15, 0.2) is 0 Å². The molecule has 0 atom stereocenters. The van der Waals surface area contributed by atoms with Crippen LogP contribution in [0.3, 0.4) is 0 Å². The van der Waals surface area contributed by atoms with Crippen LogP contribution in [0.5, 0.6) is 0 Å². The van der Waals surface area contributed by atoms with Crippen molar-refractivity contribution in [1.29, 1.82) is 0 Å². The summed E-state index contributed by atoms with van der Waals surface area (Å²) in [6, 6.07) is 0.303. The summed E-state index contributed by atoms with van der Waals surface area (Å²) >= 11 is 0. The number of nitrogens with zero attached hydrogens (tertiary/aromatic N) is 3. The molecule has 0 bridgehead atoms. The van der Waals surface area contributed by atoms with Crippen molar-refractivity contribution in [3.8, 4) is 0 Å². The summed E-state index contributed by atoms with van der Waals surface area (Å²) in [5.74, 6) is 0.0683. The van der Waals surface area contributed by atoms with E-state index in [9.17, 15) is 4.79 Å². The van der Waals surface area contributed by atoms with E-state index in [4.69, 9.17) is 5.73 Å². The lowest BCUT2D eigenvalue weighted by molar-refractivity contribution is -0.122. The normalized spacial score (nSPS) is 17.6. The first kappa shape index (κ1) is 14.0. The highest BCUT2D eigenvalue weighted by Crippen LogP contribution is 2.08. The first-order valence-electron chi connectivity index (χ1n) is 6.78. The number of hydrogen-bond acceptors (Lipinski definition) is 4. The predicted molar refractivity (Wildman–Crippen MR) is 73.4 cm³/mol. The fraction of sp³-hybridized carbons (Fsp3) is 0.692. The second-order valence-corrected chi connectivity index (χ2v) is 5.27. The van der Waals surface area contributed by atoms with E-state index in [1.807, 2.05) is 18.7 Å². The minimum atomic E-state index is 0.0683. The molecule has 0 aliphatic carbocycles. The molecule has 6 nitrogen and oxygen atoms in total. The Morgan fingerprint density at radius 2 is 2.21 bits per heavy atom. The molecule has 0 spiro atoms. The lowest BCUT2D eigenvalue weighted by Gasteiger charge is -2.29. The largest absolute Gasteiger partial charge is 0.351 e. The molecule has 3 N–H and O–H groups in total. The van der Waals surface area contributed by atoms with Gasteiger partial charge in [-0.05, 0) is 19.8 Å². The molecule has 0 radical (unpaired) electrons. The first-order valence-corrected chi connectivity index (χ1v) is 6.78. The number of hydrogen-bond donors (Lipinski definition) is 2. The van der Waals surface area contributed by atoms with Crippen LogP contribution in [0.1, 0.15) is 24.1 Å². The molecule has 1 aliphatic heterocycles. The average Bonchev–Trinajstić information content (AvgIpc) is 2.70. The van der Waals surface area contributed by atoms with E-state index in [0.717, 1.165) is 37.2 Å². The van der Waals surface area contributed by atoms with Crippen molar-refractivity contribution in [2.24, 2.45) is 12.8 Å². The van der Waals surface area contributed by atoms with Crippen molar-refractivity contribution >= 4 is 5.91 Å². The first-order chi connectivity index (χ1) is 9.06. The summed E-state index contributed by atoms with van der Waals surface area (Å²) in [6.45, 7) is 4.85. The van der Waals surface area contributed by atoms with Gasteiger partial charge in [0, 0.05) is 44.0 Å². The third-order valence-corrected chi connectivity index (χ3v) is 3.81. The van der Waals surface area contributed by atoms with Crippen LogP contribution in [0.2, 0.25) is 0 Å². The lowest BCUT2D eigenvalue weighted by Crippen LogP contribution is -2.44. The summed E-state index contributed by atoms with van der Waals surface area (Å²) in [5, 5.41) is 7.11. The van der Waals surface area contributed by atoms with E-state index in [1.165, 1.54) is 0 Å². The van der Waals surface area contributed by atoms with Gasteiger partial charge in [-0.15, -0.1) is 0 Å². The number of carbonyl (C=O) groups is 1. The highest BCUT2D eigenvalue weighted by Gasteiger charge is 2.18. The van der Waals surface area contributed by atoms with Crippen LogP contribution in [0.4, 0.5) is 0 Å². The van der Waals surface area contributed by atoms with Gasteiger partial charge in [-0.25, -0.2) is 0 Å². The van der Waals surface area contributed by atoms with E-state index in [2.05, 4.69) is 15.3 Å². The smallest absolute Gasteiger partial charge is 0.234 e. The van der Waals surface area contributed by atoms with Gasteiger partial charge in [-0.1, -0.05) is 0 Å². The SMILES string of the molecule is Cc1c(CNC(=O)CN2CCC(N)CC2)cnn1C. The summed E-state index contributed by atoms with van der Waals surface area (Å²) < 4.78 is 1.81. The molecule has 1 aromatic rings. The van der Waals surface area contributed by atoms with Gasteiger partial charge in [-0.2, -0.15) is 5.10 Å². The van der Waals surface area contributed by atoms with Crippen molar-refractivity contribution in [3.63, 3.8) is 0 Å². The third kappa shape index (κ3) is 3.78. The molecular weight excluding hydrogens is 242 g/mol. The molecule has 1 fully saturated rings. The fourth-order valence-corrected chi connectivity index (χ4v) is 2.28. The van der Waals surface area contributed by atoms with Gasteiger partial charge in [0.25, 0.3) is 0 Å². The Kier molecular flexibility index (Phi) is 4.55. The summed E-state index contributed by atoms with van der Waals surface area (Å²) in [7, 11) is 1.90. The van der Waals surface area contributed by atoms with Gasteiger partial charge in [-0.3, -0.25) is 14.4 Å². The number of aromatic nitrogens is 2. The number of amides is 1.